The molecule has 1 aromatic carbocycles. The molecule has 0 aromatic heterocycles. The fraction of sp³-hybridized carbons (Fsp3) is 0.538. The maximum absolute atomic E-state index is 12.0. The van der Waals surface area contributed by atoms with Gasteiger partial charge in [0.25, 0.3) is 6.43 Å². The van der Waals surface area contributed by atoms with E-state index in [0.29, 0.717) is 6.42 Å². The monoisotopic (exact) mass is 337 g/mol. The number of ether oxygens (including phenoxy) is 2. The highest BCUT2D eigenvalue weighted by Gasteiger charge is 2.15. The maximum atomic E-state index is 12.0. The summed E-state index contributed by atoms with van der Waals surface area (Å²) < 4.78 is 35.1. The zero-order valence-electron chi connectivity index (χ0n) is 11.0. The molecule has 3 nitrogen and oxygen atoms in total. The molecular formula is C13H18BrF2NO2. The quantitative estimate of drug-likeness (QED) is 0.737. The highest BCUT2D eigenvalue weighted by Crippen LogP contribution is 2.30. The highest BCUT2D eigenvalue weighted by molar-refractivity contribution is 9.10. The van der Waals surface area contributed by atoms with Gasteiger partial charge in [0.05, 0.1) is 7.11 Å². The van der Waals surface area contributed by atoms with E-state index in [1.54, 1.807) is 7.11 Å². The van der Waals surface area contributed by atoms with Crippen LogP contribution in [0.3, 0.4) is 0 Å². The molecule has 6 heteroatoms. The van der Waals surface area contributed by atoms with Crippen LogP contribution in [0.5, 0.6) is 5.75 Å². The zero-order valence-corrected chi connectivity index (χ0v) is 12.5. The van der Waals surface area contributed by atoms with Crippen LogP contribution in [0.1, 0.15) is 18.0 Å². The molecule has 0 saturated carbocycles. The van der Waals surface area contributed by atoms with Crippen molar-refractivity contribution >= 4 is 15.9 Å². The standard InChI is InChI=1S/C13H18BrF2NO2/c1-17-11(5-6-19-8-13(15)16)10-7-9(14)3-4-12(10)18-2/h3-4,7,11,13,17H,5-6,8H2,1-2H3. The summed E-state index contributed by atoms with van der Waals surface area (Å²) in [6.45, 7) is -0.252. The topological polar surface area (TPSA) is 30.5 Å². The van der Waals surface area contributed by atoms with Gasteiger partial charge in [-0.1, -0.05) is 15.9 Å². The van der Waals surface area contributed by atoms with Crippen LogP contribution < -0.4 is 10.1 Å². The van der Waals surface area contributed by atoms with Gasteiger partial charge in [-0.05, 0) is 31.7 Å². The second-order valence-corrected chi connectivity index (χ2v) is 4.90. The Bertz CT molecular complexity index is 391. The summed E-state index contributed by atoms with van der Waals surface area (Å²) in [5.41, 5.74) is 0.972. The summed E-state index contributed by atoms with van der Waals surface area (Å²) in [5, 5.41) is 3.14. The third-order valence-corrected chi connectivity index (χ3v) is 3.20. The van der Waals surface area contributed by atoms with Gasteiger partial charge >= 0.3 is 0 Å². The predicted octanol–water partition coefficient (Wildman–Crippen LogP) is 3.39. The van der Waals surface area contributed by atoms with E-state index in [2.05, 4.69) is 21.2 Å². The normalized spacial score (nSPS) is 12.7. The lowest BCUT2D eigenvalue weighted by molar-refractivity contribution is 0.0145. The van der Waals surface area contributed by atoms with E-state index in [1.807, 2.05) is 25.2 Å². The number of nitrogens with one attached hydrogen (secondary N) is 1. The van der Waals surface area contributed by atoms with Crippen molar-refractivity contribution in [3.63, 3.8) is 0 Å². The van der Waals surface area contributed by atoms with E-state index < -0.39 is 13.0 Å². The summed E-state index contributed by atoms with van der Waals surface area (Å²) in [7, 11) is 3.42. The van der Waals surface area contributed by atoms with E-state index in [4.69, 9.17) is 9.47 Å². The third-order valence-electron chi connectivity index (χ3n) is 2.71. The molecule has 1 atom stereocenters. The molecule has 0 fully saturated rings. The molecular weight excluding hydrogens is 320 g/mol. The lowest BCUT2D eigenvalue weighted by Crippen LogP contribution is -2.20. The number of halogens is 3. The minimum Gasteiger partial charge on any atom is -0.496 e. The van der Waals surface area contributed by atoms with Gasteiger partial charge in [0.2, 0.25) is 0 Å². The molecule has 0 aliphatic carbocycles. The van der Waals surface area contributed by atoms with Crippen molar-refractivity contribution in [2.75, 3.05) is 27.4 Å². The van der Waals surface area contributed by atoms with Gasteiger partial charge in [-0.25, -0.2) is 8.78 Å². The lowest BCUT2D eigenvalue weighted by atomic mass is 10.0. The molecule has 108 valence electrons. The minimum absolute atomic E-state index is 0.00915. The van der Waals surface area contributed by atoms with Crippen LogP contribution in [0.15, 0.2) is 22.7 Å². The number of rotatable bonds is 8. The molecule has 1 N–H and O–H groups in total. The van der Waals surface area contributed by atoms with E-state index in [9.17, 15) is 8.78 Å². The number of alkyl halides is 2. The fourth-order valence-electron chi connectivity index (χ4n) is 1.81. The van der Waals surface area contributed by atoms with E-state index in [-0.39, 0.29) is 12.6 Å². The Hall–Kier alpha value is -0.720. The van der Waals surface area contributed by atoms with Crippen molar-refractivity contribution in [3.05, 3.63) is 28.2 Å². The molecule has 0 aliphatic heterocycles. The van der Waals surface area contributed by atoms with E-state index >= 15 is 0 Å². The van der Waals surface area contributed by atoms with E-state index in [1.165, 1.54) is 0 Å². The number of methoxy groups -OCH3 is 1. The van der Waals surface area contributed by atoms with Crippen molar-refractivity contribution in [1.29, 1.82) is 0 Å². The summed E-state index contributed by atoms with van der Waals surface area (Å²) in [6.07, 6.45) is -1.83. The molecule has 0 saturated heterocycles. The Kier molecular flexibility index (Phi) is 7.27. The first-order valence-electron chi connectivity index (χ1n) is 5.95. The Morgan fingerprint density at radius 3 is 2.68 bits per heavy atom. The molecule has 0 bridgehead atoms. The fourth-order valence-corrected chi connectivity index (χ4v) is 2.19. The Labute approximate surface area is 120 Å². The Morgan fingerprint density at radius 1 is 1.37 bits per heavy atom. The SMILES string of the molecule is CNC(CCOCC(F)F)c1cc(Br)ccc1OC. The lowest BCUT2D eigenvalue weighted by Gasteiger charge is -2.19. The summed E-state index contributed by atoms with van der Waals surface area (Å²) in [6, 6.07) is 5.70. The number of hydrogen-bond donors (Lipinski definition) is 1. The van der Waals surface area contributed by atoms with Crippen molar-refractivity contribution < 1.29 is 18.3 Å². The molecule has 1 unspecified atom stereocenters. The minimum atomic E-state index is -2.42. The second-order valence-electron chi connectivity index (χ2n) is 3.98. The first-order chi connectivity index (χ1) is 9.08. The molecule has 0 aliphatic rings. The summed E-state index contributed by atoms with van der Waals surface area (Å²) in [4.78, 5) is 0. The number of hydrogen-bond acceptors (Lipinski definition) is 3. The average molecular weight is 338 g/mol. The third kappa shape index (κ3) is 5.42. The maximum Gasteiger partial charge on any atom is 0.261 e. The largest absolute Gasteiger partial charge is 0.496 e. The van der Waals surface area contributed by atoms with Gasteiger partial charge in [0.15, 0.2) is 0 Å². The van der Waals surface area contributed by atoms with Crippen molar-refractivity contribution in [2.45, 2.75) is 18.9 Å². The van der Waals surface area contributed by atoms with Crippen molar-refractivity contribution in [1.82, 2.24) is 5.32 Å². The smallest absolute Gasteiger partial charge is 0.261 e. The molecule has 0 heterocycles. The van der Waals surface area contributed by atoms with Crippen LogP contribution in [0.25, 0.3) is 0 Å². The molecule has 0 amide bonds. The zero-order chi connectivity index (χ0) is 14.3. The van der Waals surface area contributed by atoms with Crippen LogP contribution in [-0.4, -0.2) is 33.8 Å². The van der Waals surface area contributed by atoms with Gasteiger partial charge in [0, 0.05) is 22.7 Å². The van der Waals surface area contributed by atoms with Crippen LogP contribution in [0.4, 0.5) is 8.78 Å². The van der Waals surface area contributed by atoms with Crippen molar-refractivity contribution in [3.8, 4) is 5.75 Å². The van der Waals surface area contributed by atoms with Crippen molar-refractivity contribution in [2.24, 2.45) is 0 Å². The Morgan fingerprint density at radius 2 is 2.11 bits per heavy atom. The van der Waals surface area contributed by atoms with Gasteiger partial charge in [0.1, 0.15) is 12.4 Å². The molecule has 1 rings (SSSR count). The molecule has 1 aromatic rings. The summed E-state index contributed by atoms with van der Waals surface area (Å²) >= 11 is 3.41. The molecule has 0 spiro atoms. The molecule has 0 radical (unpaired) electrons. The van der Waals surface area contributed by atoms with Crippen LogP contribution in [0.2, 0.25) is 0 Å². The summed E-state index contributed by atoms with van der Waals surface area (Å²) in [5.74, 6) is 0.761. The Balaban J connectivity index is 2.65. The van der Waals surface area contributed by atoms with E-state index in [0.717, 1.165) is 15.8 Å². The number of benzene rings is 1. The first-order valence-corrected chi connectivity index (χ1v) is 6.74. The van der Waals surface area contributed by atoms with Gasteiger partial charge in [-0.15, -0.1) is 0 Å². The highest BCUT2D eigenvalue weighted by atomic mass is 79.9. The van der Waals surface area contributed by atoms with Gasteiger partial charge in [-0.2, -0.15) is 0 Å². The predicted molar refractivity (Wildman–Crippen MR) is 73.9 cm³/mol. The van der Waals surface area contributed by atoms with Gasteiger partial charge < -0.3 is 14.8 Å². The first kappa shape index (κ1) is 16.3. The second kappa shape index (κ2) is 8.45. The molecule has 19 heavy (non-hydrogen) atoms. The van der Waals surface area contributed by atoms with Crippen LogP contribution in [0, 0.1) is 0 Å². The van der Waals surface area contributed by atoms with Crippen LogP contribution >= 0.6 is 15.9 Å². The van der Waals surface area contributed by atoms with Gasteiger partial charge in [-0.3, -0.25) is 0 Å². The average Bonchev–Trinajstić information content (AvgIpc) is 2.38. The van der Waals surface area contributed by atoms with Crippen LogP contribution in [-0.2, 0) is 4.74 Å².